The van der Waals surface area contributed by atoms with Crippen LogP contribution in [0.5, 0.6) is 5.75 Å². The number of aliphatic hydroxyl groups is 4. The van der Waals surface area contributed by atoms with Gasteiger partial charge in [0.15, 0.2) is 0 Å². The molecule has 0 amide bonds. The SMILES string of the molecule is COC(=O)/C(=C/c1ccc(O)cc1)S[C@@H]1O[C@H](CO)[C@@H](O)[C@H](O)[C@H]1O. The number of aromatic hydroxyl groups is 1. The Labute approximate surface area is 148 Å². The molecular formula is C16H20O8S. The molecule has 0 radical (unpaired) electrons. The molecule has 1 fully saturated rings. The van der Waals surface area contributed by atoms with Gasteiger partial charge in [0.25, 0.3) is 0 Å². The smallest absolute Gasteiger partial charge is 0.344 e. The summed E-state index contributed by atoms with van der Waals surface area (Å²) in [6.45, 7) is -0.558. The number of phenols is 1. The maximum Gasteiger partial charge on any atom is 0.344 e. The third-order valence-corrected chi connectivity index (χ3v) is 4.83. The summed E-state index contributed by atoms with van der Waals surface area (Å²) in [6, 6.07) is 6.04. The maximum atomic E-state index is 12.0. The van der Waals surface area contributed by atoms with E-state index in [9.17, 15) is 30.3 Å². The zero-order valence-electron chi connectivity index (χ0n) is 13.3. The molecule has 5 atom stereocenters. The van der Waals surface area contributed by atoms with Crippen molar-refractivity contribution < 1.29 is 39.8 Å². The lowest BCUT2D eigenvalue weighted by Crippen LogP contribution is -2.57. The van der Waals surface area contributed by atoms with Gasteiger partial charge >= 0.3 is 5.97 Å². The third-order valence-electron chi connectivity index (χ3n) is 3.67. The Balaban J connectivity index is 2.24. The standard InChI is InChI=1S/C16H20O8S/c1-23-15(22)11(6-8-2-4-9(18)5-3-8)25-16-14(21)13(20)12(19)10(7-17)24-16/h2-6,10,12-14,16-21H,7H2,1H3/b11-6-/t10-,12-,13+,14-,16+/m1/s1. The molecule has 1 saturated heterocycles. The first-order chi connectivity index (χ1) is 11.9. The van der Waals surface area contributed by atoms with E-state index in [0.29, 0.717) is 5.56 Å². The van der Waals surface area contributed by atoms with Gasteiger partial charge in [0, 0.05) is 0 Å². The maximum absolute atomic E-state index is 12.0. The van der Waals surface area contributed by atoms with E-state index in [-0.39, 0.29) is 10.7 Å². The molecule has 0 aromatic heterocycles. The number of rotatable bonds is 5. The molecule has 5 N–H and O–H groups in total. The number of methoxy groups -OCH3 is 1. The van der Waals surface area contributed by atoms with Crippen molar-refractivity contribution in [1.82, 2.24) is 0 Å². The lowest BCUT2D eigenvalue weighted by molar-refractivity contribution is -0.205. The van der Waals surface area contributed by atoms with Gasteiger partial charge in [0.1, 0.15) is 35.6 Å². The van der Waals surface area contributed by atoms with Crippen LogP contribution in [0.1, 0.15) is 5.56 Å². The summed E-state index contributed by atoms with van der Waals surface area (Å²) in [5.74, 6) is -0.617. The van der Waals surface area contributed by atoms with E-state index >= 15 is 0 Å². The summed E-state index contributed by atoms with van der Waals surface area (Å²) >= 11 is 0.800. The van der Waals surface area contributed by atoms with E-state index in [2.05, 4.69) is 0 Å². The number of hydrogen-bond acceptors (Lipinski definition) is 9. The number of phenolic OH excluding ortho intramolecular Hbond substituents is 1. The summed E-state index contributed by atoms with van der Waals surface area (Å²) in [7, 11) is 1.20. The molecule has 0 aliphatic carbocycles. The minimum atomic E-state index is -1.53. The molecule has 1 aromatic carbocycles. The molecule has 1 aromatic rings. The number of carbonyl (C=O) groups excluding carboxylic acids is 1. The summed E-state index contributed by atoms with van der Waals surface area (Å²) in [5.41, 5.74) is -0.506. The van der Waals surface area contributed by atoms with Crippen molar-refractivity contribution in [3.63, 3.8) is 0 Å². The number of thioether (sulfide) groups is 1. The highest BCUT2D eigenvalue weighted by Gasteiger charge is 2.44. The predicted octanol–water partition coefficient (Wildman–Crippen LogP) is -0.561. The summed E-state index contributed by atoms with van der Waals surface area (Å²) in [6.07, 6.45) is -4.08. The van der Waals surface area contributed by atoms with Crippen LogP contribution in [0.15, 0.2) is 29.2 Å². The Morgan fingerprint density at radius 1 is 1.20 bits per heavy atom. The van der Waals surface area contributed by atoms with Crippen LogP contribution in [0.3, 0.4) is 0 Å². The van der Waals surface area contributed by atoms with Crippen LogP contribution in [0.4, 0.5) is 0 Å². The van der Waals surface area contributed by atoms with Gasteiger partial charge in [0.2, 0.25) is 0 Å². The monoisotopic (exact) mass is 372 g/mol. The van der Waals surface area contributed by atoms with E-state index in [4.69, 9.17) is 9.47 Å². The first-order valence-corrected chi connectivity index (χ1v) is 8.31. The van der Waals surface area contributed by atoms with Gasteiger partial charge in [0.05, 0.1) is 18.6 Å². The largest absolute Gasteiger partial charge is 0.508 e. The Morgan fingerprint density at radius 3 is 2.40 bits per heavy atom. The summed E-state index contributed by atoms with van der Waals surface area (Å²) in [4.78, 5) is 12.1. The number of carbonyl (C=O) groups is 1. The van der Waals surface area contributed by atoms with E-state index in [1.165, 1.54) is 25.3 Å². The second kappa shape index (κ2) is 8.65. The highest BCUT2D eigenvalue weighted by Crippen LogP contribution is 2.34. The number of hydrogen-bond donors (Lipinski definition) is 5. The fourth-order valence-corrected chi connectivity index (χ4v) is 3.39. The molecule has 1 aliphatic rings. The first-order valence-electron chi connectivity index (χ1n) is 7.43. The van der Waals surface area contributed by atoms with Crippen LogP contribution >= 0.6 is 11.8 Å². The zero-order valence-corrected chi connectivity index (χ0v) is 14.2. The van der Waals surface area contributed by atoms with Crippen molar-refractivity contribution in [3.05, 3.63) is 34.7 Å². The van der Waals surface area contributed by atoms with Crippen LogP contribution in [0.25, 0.3) is 6.08 Å². The van der Waals surface area contributed by atoms with Gasteiger partial charge in [-0.2, -0.15) is 0 Å². The number of benzene rings is 1. The molecule has 0 spiro atoms. The Morgan fingerprint density at radius 2 is 1.84 bits per heavy atom. The van der Waals surface area contributed by atoms with Crippen molar-refractivity contribution in [1.29, 1.82) is 0 Å². The average Bonchev–Trinajstić information content (AvgIpc) is 2.62. The highest BCUT2D eigenvalue weighted by atomic mass is 32.2. The molecule has 0 bridgehead atoms. The molecule has 138 valence electrons. The van der Waals surface area contributed by atoms with Crippen molar-refractivity contribution in [2.45, 2.75) is 29.9 Å². The Kier molecular flexibility index (Phi) is 6.82. The van der Waals surface area contributed by atoms with E-state index in [1.807, 2.05) is 0 Å². The van der Waals surface area contributed by atoms with Crippen LogP contribution in [0, 0.1) is 0 Å². The zero-order chi connectivity index (χ0) is 18.6. The highest BCUT2D eigenvalue weighted by molar-refractivity contribution is 8.04. The fraction of sp³-hybridized carbons (Fsp3) is 0.438. The van der Waals surface area contributed by atoms with Gasteiger partial charge in [-0.15, -0.1) is 0 Å². The quantitative estimate of drug-likeness (QED) is 0.340. The molecule has 1 aliphatic heterocycles. The molecule has 0 saturated carbocycles. The van der Waals surface area contributed by atoms with Gasteiger partial charge in [-0.1, -0.05) is 23.9 Å². The van der Waals surface area contributed by atoms with Crippen molar-refractivity contribution in [2.24, 2.45) is 0 Å². The molecule has 1 heterocycles. The minimum absolute atomic E-state index is 0.0679. The number of esters is 1. The summed E-state index contributed by atoms with van der Waals surface area (Å²) in [5, 5.41) is 48.2. The number of aliphatic hydroxyl groups excluding tert-OH is 4. The molecule has 8 nitrogen and oxygen atoms in total. The van der Waals surface area contributed by atoms with Gasteiger partial charge < -0.3 is 35.0 Å². The Hall–Kier alpha value is -1.62. The normalized spacial score (nSPS) is 30.1. The average molecular weight is 372 g/mol. The third kappa shape index (κ3) is 4.72. The van der Waals surface area contributed by atoms with Crippen molar-refractivity contribution in [3.8, 4) is 5.75 Å². The molecular weight excluding hydrogens is 352 g/mol. The van der Waals surface area contributed by atoms with Crippen molar-refractivity contribution >= 4 is 23.8 Å². The minimum Gasteiger partial charge on any atom is -0.508 e. The topological polar surface area (TPSA) is 137 Å². The van der Waals surface area contributed by atoms with E-state index < -0.39 is 42.4 Å². The van der Waals surface area contributed by atoms with Crippen LogP contribution in [-0.2, 0) is 14.3 Å². The van der Waals surface area contributed by atoms with Gasteiger partial charge in [-0.3, -0.25) is 0 Å². The fourth-order valence-electron chi connectivity index (χ4n) is 2.25. The second-order valence-electron chi connectivity index (χ2n) is 5.41. The predicted molar refractivity (Wildman–Crippen MR) is 89.5 cm³/mol. The number of ether oxygens (including phenoxy) is 2. The molecule has 0 unspecified atom stereocenters. The van der Waals surface area contributed by atoms with Crippen LogP contribution in [-0.4, -0.2) is 75.1 Å². The molecule has 2 rings (SSSR count). The van der Waals surface area contributed by atoms with E-state index in [1.54, 1.807) is 12.1 Å². The van der Waals surface area contributed by atoms with Crippen LogP contribution < -0.4 is 0 Å². The van der Waals surface area contributed by atoms with Crippen LogP contribution in [0.2, 0.25) is 0 Å². The van der Waals surface area contributed by atoms with Gasteiger partial charge in [-0.25, -0.2) is 4.79 Å². The Bertz CT molecular complexity index is 615. The van der Waals surface area contributed by atoms with E-state index in [0.717, 1.165) is 11.8 Å². The second-order valence-corrected chi connectivity index (χ2v) is 6.55. The van der Waals surface area contributed by atoms with Gasteiger partial charge in [-0.05, 0) is 23.8 Å². The lowest BCUT2D eigenvalue weighted by Gasteiger charge is -2.39. The first kappa shape index (κ1) is 19.7. The molecule has 25 heavy (non-hydrogen) atoms. The summed E-state index contributed by atoms with van der Waals surface area (Å²) < 4.78 is 10.1. The molecule has 9 heteroatoms. The lowest BCUT2D eigenvalue weighted by atomic mass is 10.0. The van der Waals surface area contributed by atoms with Crippen molar-refractivity contribution in [2.75, 3.05) is 13.7 Å².